The third-order valence-electron chi connectivity index (χ3n) is 4.18. The second-order valence-corrected chi connectivity index (χ2v) is 8.11. The number of ether oxygens (including phenoxy) is 2. The van der Waals surface area contributed by atoms with Gasteiger partial charge in [0, 0.05) is 12.6 Å². The van der Waals surface area contributed by atoms with Crippen molar-refractivity contribution < 1.29 is 32.3 Å². The third-order valence-corrected chi connectivity index (χ3v) is 5.93. The Labute approximate surface area is 152 Å². The Morgan fingerprint density at radius 2 is 1.69 bits per heavy atom. The topological polar surface area (TPSA) is 107 Å². The number of amides is 1. The van der Waals surface area contributed by atoms with Crippen LogP contribution in [0.2, 0.25) is 0 Å². The van der Waals surface area contributed by atoms with Crippen molar-refractivity contribution in [2.24, 2.45) is 0 Å². The Kier molecular flexibility index (Phi) is 6.36. The normalized spacial score (nSPS) is 18.2. The molecule has 1 fully saturated rings. The lowest BCUT2D eigenvalue weighted by Gasteiger charge is -2.26. The van der Waals surface area contributed by atoms with Gasteiger partial charge in [-0.25, -0.2) is 18.0 Å². The third kappa shape index (κ3) is 4.81. The van der Waals surface area contributed by atoms with Crippen LogP contribution in [0, 0.1) is 0 Å². The molecule has 1 aromatic rings. The number of hydrogen-bond acceptors (Lipinski definition) is 7. The van der Waals surface area contributed by atoms with Gasteiger partial charge in [-0.05, 0) is 37.6 Å². The average molecular weight is 383 g/mol. The number of methoxy groups -OCH3 is 1. The molecule has 26 heavy (non-hydrogen) atoms. The first-order chi connectivity index (χ1) is 12.3. The van der Waals surface area contributed by atoms with Gasteiger partial charge in [-0.3, -0.25) is 4.79 Å². The molecule has 0 aromatic heterocycles. The molecule has 0 unspecified atom stereocenters. The molecule has 1 aromatic carbocycles. The second kappa shape index (κ2) is 8.31. The van der Waals surface area contributed by atoms with Crippen molar-refractivity contribution in [3.8, 4) is 0 Å². The molecule has 142 valence electrons. The van der Waals surface area contributed by atoms with Gasteiger partial charge in [0.05, 0.1) is 29.7 Å². The maximum atomic E-state index is 12.3. The van der Waals surface area contributed by atoms with E-state index in [0.717, 1.165) is 0 Å². The average Bonchev–Trinajstić information content (AvgIpc) is 2.99. The minimum atomic E-state index is -3.11. The molecule has 0 saturated carbocycles. The summed E-state index contributed by atoms with van der Waals surface area (Å²) in [5.41, 5.74) is 0.483. The fourth-order valence-corrected chi connectivity index (χ4v) is 4.54. The van der Waals surface area contributed by atoms with E-state index in [2.05, 4.69) is 4.74 Å². The van der Waals surface area contributed by atoms with Crippen LogP contribution in [0.15, 0.2) is 24.3 Å². The van der Waals surface area contributed by atoms with Gasteiger partial charge < -0.3 is 14.4 Å². The van der Waals surface area contributed by atoms with E-state index >= 15 is 0 Å². The summed E-state index contributed by atoms with van der Waals surface area (Å²) in [6.45, 7) is 1.61. The summed E-state index contributed by atoms with van der Waals surface area (Å²) >= 11 is 0. The number of nitrogens with zero attached hydrogens (tertiary/aromatic N) is 1. The van der Waals surface area contributed by atoms with E-state index in [0.29, 0.717) is 18.5 Å². The van der Waals surface area contributed by atoms with Gasteiger partial charge in [-0.15, -0.1) is 0 Å². The van der Waals surface area contributed by atoms with Crippen molar-refractivity contribution in [1.82, 2.24) is 4.90 Å². The molecule has 2 rings (SSSR count). The van der Waals surface area contributed by atoms with Gasteiger partial charge in [-0.1, -0.05) is 0 Å². The van der Waals surface area contributed by atoms with Gasteiger partial charge in [0.2, 0.25) is 0 Å². The van der Waals surface area contributed by atoms with E-state index < -0.39 is 34.3 Å². The zero-order valence-electron chi connectivity index (χ0n) is 14.6. The molecule has 1 amide bonds. The highest BCUT2D eigenvalue weighted by Gasteiger charge is 2.34. The summed E-state index contributed by atoms with van der Waals surface area (Å²) in [5, 5.41) is 0. The van der Waals surface area contributed by atoms with E-state index in [-0.39, 0.29) is 23.1 Å². The molecule has 9 heteroatoms. The Morgan fingerprint density at radius 3 is 2.15 bits per heavy atom. The molecular weight excluding hydrogens is 362 g/mol. The molecule has 1 aliphatic rings. The van der Waals surface area contributed by atoms with Gasteiger partial charge in [0.15, 0.2) is 16.4 Å². The van der Waals surface area contributed by atoms with Crippen molar-refractivity contribution in [3.63, 3.8) is 0 Å². The first-order valence-corrected chi connectivity index (χ1v) is 9.95. The first kappa shape index (κ1) is 19.9. The molecule has 0 aliphatic carbocycles. The monoisotopic (exact) mass is 383 g/mol. The fourth-order valence-electron chi connectivity index (χ4n) is 2.81. The number of carbonyl (C=O) groups excluding carboxylic acids is 3. The lowest BCUT2D eigenvalue weighted by atomic mass is 10.1. The molecule has 1 saturated heterocycles. The molecule has 0 spiro atoms. The Balaban J connectivity index is 1.93. The molecule has 1 aliphatic heterocycles. The standard InChI is InChI=1S/C17H21NO7S/c1-3-18(14-8-9-26(22,23)11-14)15(19)10-25-17(21)13-6-4-12(5-7-13)16(20)24-2/h4-7,14H,3,8-11H2,1-2H3/t14-/m0/s1. The Morgan fingerprint density at radius 1 is 1.12 bits per heavy atom. The highest BCUT2D eigenvalue weighted by Crippen LogP contribution is 2.18. The van der Waals surface area contributed by atoms with E-state index in [1.807, 2.05) is 0 Å². The lowest BCUT2D eigenvalue weighted by molar-refractivity contribution is -0.136. The van der Waals surface area contributed by atoms with E-state index in [1.54, 1.807) is 6.92 Å². The SMILES string of the molecule is CCN(C(=O)COC(=O)c1ccc(C(=O)OC)cc1)[C@H]1CCS(=O)(=O)C1. The van der Waals surface area contributed by atoms with Crippen molar-refractivity contribution in [3.05, 3.63) is 35.4 Å². The molecule has 8 nitrogen and oxygen atoms in total. The largest absolute Gasteiger partial charge is 0.465 e. The zero-order valence-corrected chi connectivity index (χ0v) is 15.5. The van der Waals surface area contributed by atoms with Crippen molar-refractivity contribution in [2.75, 3.05) is 31.8 Å². The maximum Gasteiger partial charge on any atom is 0.338 e. The van der Waals surface area contributed by atoms with Gasteiger partial charge in [-0.2, -0.15) is 0 Å². The van der Waals surface area contributed by atoms with Crippen LogP contribution in [0.4, 0.5) is 0 Å². The van der Waals surface area contributed by atoms with Crippen LogP contribution in [0.3, 0.4) is 0 Å². The summed E-state index contributed by atoms with van der Waals surface area (Å²) in [4.78, 5) is 37.1. The van der Waals surface area contributed by atoms with Crippen molar-refractivity contribution in [1.29, 1.82) is 0 Å². The number of rotatable bonds is 6. The highest BCUT2D eigenvalue weighted by atomic mass is 32.2. The molecule has 1 heterocycles. The molecule has 1 atom stereocenters. The van der Waals surface area contributed by atoms with Crippen LogP contribution in [0.25, 0.3) is 0 Å². The number of likely N-dealkylation sites (N-methyl/N-ethyl adjacent to an activating group) is 1. The first-order valence-electron chi connectivity index (χ1n) is 8.12. The van der Waals surface area contributed by atoms with Gasteiger partial charge in [0.25, 0.3) is 5.91 Å². The lowest BCUT2D eigenvalue weighted by Crippen LogP contribution is -2.43. The predicted octanol–water partition coefficient (Wildman–Crippen LogP) is 0.666. The number of esters is 2. The summed E-state index contributed by atoms with van der Waals surface area (Å²) in [6.07, 6.45) is 0.394. The Bertz CT molecular complexity index is 786. The zero-order chi connectivity index (χ0) is 19.3. The number of carbonyl (C=O) groups is 3. The molecule has 0 N–H and O–H groups in total. The molecular formula is C17H21NO7S. The van der Waals surface area contributed by atoms with E-state index in [1.165, 1.54) is 36.3 Å². The smallest absolute Gasteiger partial charge is 0.338 e. The maximum absolute atomic E-state index is 12.3. The van der Waals surface area contributed by atoms with Crippen LogP contribution in [-0.4, -0.2) is 69.0 Å². The van der Waals surface area contributed by atoms with Crippen LogP contribution in [-0.2, 0) is 24.1 Å². The summed E-state index contributed by atoms with van der Waals surface area (Å²) < 4.78 is 32.7. The fraction of sp³-hybridized carbons (Fsp3) is 0.471. The number of hydrogen-bond donors (Lipinski definition) is 0. The van der Waals surface area contributed by atoms with Crippen LogP contribution in [0.1, 0.15) is 34.1 Å². The van der Waals surface area contributed by atoms with Gasteiger partial charge in [0.1, 0.15) is 0 Å². The molecule has 0 radical (unpaired) electrons. The van der Waals surface area contributed by atoms with E-state index in [4.69, 9.17) is 4.74 Å². The predicted molar refractivity (Wildman–Crippen MR) is 92.5 cm³/mol. The highest BCUT2D eigenvalue weighted by molar-refractivity contribution is 7.91. The summed E-state index contributed by atoms with van der Waals surface area (Å²) in [7, 11) is -1.86. The minimum absolute atomic E-state index is 0.0600. The quantitative estimate of drug-likeness (QED) is 0.664. The number of sulfone groups is 1. The van der Waals surface area contributed by atoms with Crippen LogP contribution >= 0.6 is 0 Å². The van der Waals surface area contributed by atoms with E-state index in [9.17, 15) is 22.8 Å². The van der Waals surface area contributed by atoms with Gasteiger partial charge >= 0.3 is 11.9 Å². The van der Waals surface area contributed by atoms with Crippen LogP contribution < -0.4 is 0 Å². The number of benzene rings is 1. The molecule has 0 bridgehead atoms. The van der Waals surface area contributed by atoms with Crippen LogP contribution in [0.5, 0.6) is 0 Å². The van der Waals surface area contributed by atoms with Crippen molar-refractivity contribution >= 4 is 27.7 Å². The Hall–Kier alpha value is -2.42. The summed E-state index contributed by atoms with van der Waals surface area (Å²) in [5.74, 6) is -1.66. The summed E-state index contributed by atoms with van der Waals surface area (Å²) in [6, 6.07) is 5.27. The second-order valence-electron chi connectivity index (χ2n) is 5.88. The minimum Gasteiger partial charge on any atom is -0.465 e. The van der Waals surface area contributed by atoms with Crippen molar-refractivity contribution in [2.45, 2.75) is 19.4 Å².